The topological polar surface area (TPSA) is 63.2 Å². The van der Waals surface area contributed by atoms with Crippen LogP contribution >= 0.6 is 11.3 Å². The quantitative estimate of drug-likeness (QED) is 0.887. The maximum absolute atomic E-state index is 11.6. The summed E-state index contributed by atoms with van der Waals surface area (Å²) in [7, 11) is 0. The number of ether oxygens (including phenoxy) is 1. The van der Waals surface area contributed by atoms with Gasteiger partial charge in [0.25, 0.3) is 0 Å². The van der Waals surface area contributed by atoms with Gasteiger partial charge in [-0.2, -0.15) is 0 Å². The Kier molecular flexibility index (Phi) is 5.37. The fourth-order valence-corrected chi connectivity index (χ4v) is 2.80. The van der Waals surface area contributed by atoms with E-state index in [1.807, 2.05) is 45.9 Å². The smallest absolute Gasteiger partial charge is 0.407 e. The fourth-order valence-electron chi connectivity index (χ4n) is 1.88. The molecule has 0 saturated heterocycles. The Morgan fingerprint density at radius 3 is 2.77 bits per heavy atom. The Hall–Kier alpha value is -1.66. The first kappa shape index (κ1) is 16.7. The number of rotatable bonds is 5. The highest BCUT2D eigenvalue weighted by Crippen LogP contribution is 2.21. The highest BCUT2D eigenvalue weighted by atomic mass is 32.1. The number of aromatic nitrogens is 1. The summed E-state index contributed by atoms with van der Waals surface area (Å²) < 4.78 is 6.40. The van der Waals surface area contributed by atoms with E-state index >= 15 is 0 Å². The van der Waals surface area contributed by atoms with Crippen molar-refractivity contribution < 1.29 is 9.53 Å². The molecule has 0 saturated carbocycles. The molecule has 6 heteroatoms. The largest absolute Gasteiger partial charge is 0.444 e. The van der Waals surface area contributed by atoms with Crippen LogP contribution in [-0.4, -0.2) is 29.3 Å². The molecule has 5 nitrogen and oxygen atoms in total. The Labute approximate surface area is 135 Å². The van der Waals surface area contributed by atoms with Gasteiger partial charge >= 0.3 is 6.09 Å². The number of nitrogens with zero attached hydrogens (tertiary/aromatic N) is 1. The van der Waals surface area contributed by atoms with Crippen molar-refractivity contribution in [2.24, 2.45) is 0 Å². The van der Waals surface area contributed by atoms with Crippen LogP contribution in [0.3, 0.4) is 0 Å². The van der Waals surface area contributed by atoms with Gasteiger partial charge in [0.2, 0.25) is 0 Å². The summed E-state index contributed by atoms with van der Waals surface area (Å²) in [5.41, 5.74) is 0.561. The van der Waals surface area contributed by atoms with Crippen LogP contribution in [0.2, 0.25) is 0 Å². The van der Waals surface area contributed by atoms with Gasteiger partial charge in [-0.1, -0.05) is 12.1 Å². The lowest BCUT2D eigenvalue weighted by Crippen LogP contribution is -2.40. The lowest BCUT2D eigenvalue weighted by molar-refractivity contribution is 0.0523. The number of carbonyl (C=O) groups excluding carboxylic acids is 1. The number of nitrogens with one attached hydrogen (secondary N) is 2. The summed E-state index contributed by atoms with van der Waals surface area (Å²) >= 11 is 1.69. The molecule has 1 unspecified atom stereocenters. The van der Waals surface area contributed by atoms with Crippen molar-refractivity contribution in [1.82, 2.24) is 15.6 Å². The molecule has 2 rings (SSSR count). The second kappa shape index (κ2) is 7.07. The zero-order chi connectivity index (χ0) is 16.2. The van der Waals surface area contributed by atoms with E-state index in [2.05, 4.69) is 21.7 Å². The molecule has 1 aromatic carbocycles. The molecule has 2 aromatic rings. The molecule has 0 bridgehead atoms. The van der Waals surface area contributed by atoms with Gasteiger partial charge < -0.3 is 15.4 Å². The van der Waals surface area contributed by atoms with Gasteiger partial charge in [0, 0.05) is 19.1 Å². The summed E-state index contributed by atoms with van der Waals surface area (Å²) in [6.07, 6.45) is -0.388. The molecule has 0 fully saturated rings. The lowest BCUT2D eigenvalue weighted by Gasteiger charge is -2.21. The average molecular weight is 321 g/mol. The molecule has 0 radical (unpaired) electrons. The normalized spacial score (nSPS) is 13.1. The van der Waals surface area contributed by atoms with Gasteiger partial charge in [0.1, 0.15) is 10.6 Å². The van der Waals surface area contributed by atoms with Crippen molar-refractivity contribution in [3.63, 3.8) is 0 Å². The number of carbonyl (C=O) groups is 1. The SMILES string of the molecule is CC(CNC(=O)OC(C)(C)C)NCc1nc2ccccc2s1. The predicted octanol–water partition coefficient (Wildman–Crippen LogP) is 3.30. The van der Waals surface area contributed by atoms with E-state index in [4.69, 9.17) is 4.74 Å². The minimum absolute atomic E-state index is 0.138. The summed E-state index contributed by atoms with van der Waals surface area (Å²) in [4.78, 5) is 16.2. The summed E-state index contributed by atoms with van der Waals surface area (Å²) in [6.45, 7) is 8.77. The number of thiazole rings is 1. The first-order chi connectivity index (χ1) is 10.3. The van der Waals surface area contributed by atoms with E-state index in [0.29, 0.717) is 13.1 Å². The highest BCUT2D eigenvalue weighted by Gasteiger charge is 2.16. The Morgan fingerprint density at radius 2 is 2.09 bits per heavy atom. The van der Waals surface area contributed by atoms with Gasteiger partial charge in [0.05, 0.1) is 10.2 Å². The van der Waals surface area contributed by atoms with Gasteiger partial charge in [-0.15, -0.1) is 11.3 Å². The molecule has 1 atom stereocenters. The third-order valence-electron chi connectivity index (χ3n) is 2.89. The third-order valence-corrected chi connectivity index (χ3v) is 3.93. The van der Waals surface area contributed by atoms with E-state index in [0.717, 1.165) is 10.5 Å². The van der Waals surface area contributed by atoms with Crippen LogP contribution in [-0.2, 0) is 11.3 Å². The first-order valence-electron chi connectivity index (χ1n) is 7.38. The first-order valence-corrected chi connectivity index (χ1v) is 8.20. The maximum Gasteiger partial charge on any atom is 0.407 e. The lowest BCUT2D eigenvalue weighted by atomic mass is 10.2. The van der Waals surface area contributed by atoms with Gasteiger partial charge in [0.15, 0.2) is 0 Å². The zero-order valence-electron chi connectivity index (χ0n) is 13.5. The van der Waals surface area contributed by atoms with Crippen LogP contribution in [0, 0.1) is 0 Å². The summed E-state index contributed by atoms with van der Waals surface area (Å²) in [6, 6.07) is 8.24. The van der Waals surface area contributed by atoms with Gasteiger partial charge in [-0.25, -0.2) is 9.78 Å². The maximum atomic E-state index is 11.6. The predicted molar refractivity (Wildman–Crippen MR) is 90.2 cm³/mol. The molecule has 0 aliphatic rings. The number of hydrogen-bond donors (Lipinski definition) is 2. The van der Waals surface area contributed by atoms with E-state index in [-0.39, 0.29) is 12.1 Å². The van der Waals surface area contributed by atoms with Crippen molar-refractivity contribution >= 4 is 27.6 Å². The average Bonchev–Trinajstić information content (AvgIpc) is 2.84. The second-order valence-corrected chi connectivity index (χ2v) is 7.36. The monoisotopic (exact) mass is 321 g/mol. The van der Waals surface area contributed by atoms with Crippen molar-refractivity contribution in [1.29, 1.82) is 0 Å². The van der Waals surface area contributed by atoms with Crippen LogP contribution in [0.5, 0.6) is 0 Å². The van der Waals surface area contributed by atoms with Crippen LogP contribution in [0.15, 0.2) is 24.3 Å². The van der Waals surface area contributed by atoms with Gasteiger partial charge in [-0.3, -0.25) is 0 Å². The van der Waals surface area contributed by atoms with Gasteiger partial charge in [-0.05, 0) is 39.8 Å². The van der Waals surface area contributed by atoms with Crippen LogP contribution in [0.25, 0.3) is 10.2 Å². The fraction of sp³-hybridized carbons (Fsp3) is 0.500. The molecule has 0 spiro atoms. The summed E-state index contributed by atoms with van der Waals surface area (Å²) in [5.74, 6) is 0. The molecular formula is C16H23N3O2S. The van der Waals surface area contributed by atoms with Crippen molar-refractivity contribution in [2.45, 2.75) is 45.9 Å². The van der Waals surface area contributed by atoms with E-state index in [1.165, 1.54) is 4.70 Å². The molecule has 1 aromatic heterocycles. The zero-order valence-corrected chi connectivity index (χ0v) is 14.3. The van der Waals surface area contributed by atoms with E-state index in [9.17, 15) is 4.79 Å². The molecule has 2 N–H and O–H groups in total. The Bertz CT molecular complexity index is 601. The number of para-hydroxylation sites is 1. The van der Waals surface area contributed by atoms with Crippen molar-refractivity contribution in [3.05, 3.63) is 29.3 Å². The highest BCUT2D eigenvalue weighted by molar-refractivity contribution is 7.18. The van der Waals surface area contributed by atoms with E-state index < -0.39 is 5.60 Å². The van der Waals surface area contributed by atoms with Crippen LogP contribution in [0.1, 0.15) is 32.7 Å². The van der Waals surface area contributed by atoms with E-state index in [1.54, 1.807) is 11.3 Å². The van der Waals surface area contributed by atoms with Crippen molar-refractivity contribution in [2.75, 3.05) is 6.54 Å². The summed E-state index contributed by atoms with van der Waals surface area (Å²) in [5, 5.41) is 7.16. The number of hydrogen-bond acceptors (Lipinski definition) is 5. The minimum Gasteiger partial charge on any atom is -0.444 e. The Balaban J connectivity index is 1.75. The molecule has 22 heavy (non-hydrogen) atoms. The number of alkyl carbamates (subject to hydrolysis) is 1. The minimum atomic E-state index is -0.470. The second-order valence-electron chi connectivity index (χ2n) is 6.24. The third kappa shape index (κ3) is 5.27. The standard InChI is InChI=1S/C16H23N3O2S/c1-11(9-18-15(20)21-16(2,3)4)17-10-14-19-12-7-5-6-8-13(12)22-14/h5-8,11,17H,9-10H2,1-4H3,(H,18,20). The molecule has 0 aliphatic carbocycles. The number of fused-ring (bicyclic) bond motifs is 1. The molecule has 0 aliphatic heterocycles. The molecule has 120 valence electrons. The molecular weight excluding hydrogens is 298 g/mol. The number of benzene rings is 1. The number of amides is 1. The van der Waals surface area contributed by atoms with Crippen molar-refractivity contribution in [3.8, 4) is 0 Å². The molecule has 1 amide bonds. The van der Waals surface area contributed by atoms with Crippen LogP contribution < -0.4 is 10.6 Å². The van der Waals surface area contributed by atoms with Crippen LogP contribution in [0.4, 0.5) is 4.79 Å². The Morgan fingerprint density at radius 1 is 1.36 bits per heavy atom. The molecule has 1 heterocycles.